The molecular weight excluding hydrogens is 562 g/mol. The Balaban J connectivity index is 1.21. The van der Waals surface area contributed by atoms with Crippen molar-refractivity contribution < 1.29 is 33.4 Å². The largest absolute Gasteiger partial charge is 0.493 e. The standard InChI is InChI=1S/C34H35N3O7/c1-22(38)24-6-10-26(11-7-24)35-15-17-36(18-16-35)28-21-32(40)37(34(28)41)27-12-8-25(9-13-27)29(39)14-5-23-19-30(42-2)33(44-4)31(20-23)43-3/h5-14,19-20,28H,15-18,21H2,1-4H3/b14-5+/t28-/m0/s1. The third-order valence-corrected chi connectivity index (χ3v) is 8.04. The summed E-state index contributed by atoms with van der Waals surface area (Å²) in [4.78, 5) is 56.3. The smallest absolute Gasteiger partial charge is 0.251 e. The summed E-state index contributed by atoms with van der Waals surface area (Å²) in [5.41, 5.74) is 3.25. The Hall–Kier alpha value is -4.96. The molecule has 44 heavy (non-hydrogen) atoms. The molecule has 3 aromatic carbocycles. The number of piperazine rings is 1. The van der Waals surface area contributed by atoms with Crippen molar-refractivity contribution in [1.82, 2.24) is 4.90 Å². The lowest BCUT2D eigenvalue weighted by Crippen LogP contribution is -2.52. The van der Waals surface area contributed by atoms with Gasteiger partial charge >= 0.3 is 0 Å². The van der Waals surface area contributed by atoms with Crippen LogP contribution in [0.2, 0.25) is 0 Å². The average Bonchev–Trinajstić information content (AvgIpc) is 3.36. The van der Waals surface area contributed by atoms with Gasteiger partial charge in [0.25, 0.3) is 5.91 Å². The molecule has 2 heterocycles. The molecule has 0 unspecified atom stereocenters. The summed E-state index contributed by atoms with van der Waals surface area (Å²) in [7, 11) is 4.57. The van der Waals surface area contributed by atoms with Gasteiger partial charge in [-0.3, -0.25) is 24.1 Å². The molecule has 3 aromatic rings. The molecule has 5 rings (SSSR count). The minimum Gasteiger partial charge on any atom is -0.493 e. The second kappa shape index (κ2) is 13.1. The fourth-order valence-corrected chi connectivity index (χ4v) is 5.61. The van der Waals surface area contributed by atoms with Crippen LogP contribution in [0.3, 0.4) is 0 Å². The average molecular weight is 598 g/mol. The molecule has 0 spiro atoms. The number of carbonyl (C=O) groups excluding carboxylic acids is 4. The van der Waals surface area contributed by atoms with Crippen LogP contribution < -0.4 is 24.0 Å². The van der Waals surface area contributed by atoms with E-state index in [0.29, 0.717) is 65.8 Å². The number of anilines is 2. The molecule has 0 aliphatic carbocycles. The summed E-state index contributed by atoms with van der Waals surface area (Å²) in [5, 5.41) is 0. The van der Waals surface area contributed by atoms with E-state index in [2.05, 4.69) is 9.80 Å². The first kappa shape index (κ1) is 30.5. The van der Waals surface area contributed by atoms with Gasteiger partial charge in [0, 0.05) is 43.0 Å². The molecule has 0 radical (unpaired) electrons. The quantitative estimate of drug-likeness (QED) is 0.193. The van der Waals surface area contributed by atoms with Gasteiger partial charge in [-0.05, 0) is 79.2 Å². The van der Waals surface area contributed by atoms with Gasteiger partial charge in [-0.1, -0.05) is 6.08 Å². The van der Waals surface area contributed by atoms with E-state index in [4.69, 9.17) is 14.2 Å². The van der Waals surface area contributed by atoms with Crippen LogP contribution in [-0.2, 0) is 9.59 Å². The first-order valence-electron chi connectivity index (χ1n) is 14.3. The van der Waals surface area contributed by atoms with Crippen molar-refractivity contribution >= 4 is 40.8 Å². The van der Waals surface area contributed by atoms with E-state index in [-0.39, 0.29) is 29.8 Å². The molecule has 0 N–H and O–H groups in total. The van der Waals surface area contributed by atoms with Gasteiger partial charge in [0.05, 0.1) is 39.5 Å². The molecular formula is C34H35N3O7. The molecule has 0 aromatic heterocycles. The van der Waals surface area contributed by atoms with Crippen molar-refractivity contribution in [3.8, 4) is 17.2 Å². The molecule has 0 bridgehead atoms. The lowest BCUT2D eigenvalue weighted by Gasteiger charge is -2.38. The number of benzene rings is 3. The van der Waals surface area contributed by atoms with Crippen LogP contribution in [-0.4, -0.2) is 81.8 Å². The summed E-state index contributed by atoms with van der Waals surface area (Å²) in [6.45, 7) is 4.23. The SMILES string of the molecule is COc1cc(/C=C/C(=O)c2ccc(N3C(=O)C[C@H](N4CCN(c5ccc(C(C)=O)cc5)CC4)C3=O)cc2)cc(OC)c1OC. The minimum atomic E-state index is -0.521. The normalized spacial score (nSPS) is 17.3. The maximum Gasteiger partial charge on any atom is 0.251 e. The van der Waals surface area contributed by atoms with Crippen molar-refractivity contribution in [1.29, 1.82) is 0 Å². The highest BCUT2D eigenvalue weighted by Gasteiger charge is 2.43. The Morgan fingerprint density at radius 2 is 1.34 bits per heavy atom. The fourth-order valence-electron chi connectivity index (χ4n) is 5.61. The predicted molar refractivity (Wildman–Crippen MR) is 167 cm³/mol. The van der Waals surface area contributed by atoms with E-state index in [0.717, 1.165) is 5.69 Å². The number of hydrogen-bond donors (Lipinski definition) is 0. The van der Waals surface area contributed by atoms with Gasteiger partial charge in [-0.15, -0.1) is 0 Å². The van der Waals surface area contributed by atoms with Crippen LogP contribution in [0.25, 0.3) is 6.08 Å². The van der Waals surface area contributed by atoms with Gasteiger partial charge in [-0.25, -0.2) is 4.90 Å². The van der Waals surface area contributed by atoms with Gasteiger partial charge in [0.15, 0.2) is 23.1 Å². The molecule has 10 heteroatoms. The van der Waals surface area contributed by atoms with E-state index in [1.165, 1.54) is 32.3 Å². The highest BCUT2D eigenvalue weighted by Crippen LogP contribution is 2.38. The number of methoxy groups -OCH3 is 3. The Bertz CT molecular complexity index is 1570. The molecule has 1 atom stereocenters. The second-order valence-corrected chi connectivity index (χ2v) is 10.6. The number of ketones is 2. The maximum atomic E-state index is 13.4. The van der Waals surface area contributed by atoms with Crippen molar-refractivity contribution in [3.63, 3.8) is 0 Å². The Kier molecular flexibility index (Phi) is 9.10. The highest BCUT2D eigenvalue weighted by molar-refractivity contribution is 6.22. The van der Waals surface area contributed by atoms with Crippen molar-refractivity contribution in [2.75, 3.05) is 57.3 Å². The van der Waals surface area contributed by atoms with Crippen LogP contribution in [0.1, 0.15) is 39.6 Å². The molecule has 2 aliphatic rings. The Morgan fingerprint density at radius 3 is 1.89 bits per heavy atom. The molecule has 2 fully saturated rings. The van der Waals surface area contributed by atoms with E-state index in [1.54, 1.807) is 49.4 Å². The topological polar surface area (TPSA) is 106 Å². The van der Waals surface area contributed by atoms with E-state index >= 15 is 0 Å². The first-order valence-corrected chi connectivity index (χ1v) is 14.3. The number of carbonyl (C=O) groups is 4. The highest BCUT2D eigenvalue weighted by atomic mass is 16.5. The zero-order valence-corrected chi connectivity index (χ0v) is 25.2. The minimum absolute atomic E-state index is 0.0286. The fraction of sp³-hybridized carbons (Fsp3) is 0.294. The van der Waals surface area contributed by atoms with Gasteiger partial charge in [0.2, 0.25) is 11.7 Å². The molecule has 0 saturated carbocycles. The summed E-state index contributed by atoms with van der Waals surface area (Å²) < 4.78 is 16.1. The zero-order valence-electron chi connectivity index (χ0n) is 25.2. The van der Waals surface area contributed by atoms with Gasteiger partial charge in [0.1, 0.15) is 0 Å². The third kappa shape index (κ3) is 6.21. The zero-order chi connectivity index (χ0) is 31.4. The molecule has 2 amide bonds. The number of amides is 2. The predicted octanol–water partition coefficient (Wildman–Crippen LogP) is 4.27. The third-order valence-electron chi connectivity index (χ3n) is 8.04. The van der Waals surface area contributed by atoms with Crippen LogP contribution in [0.15, 0.2) is 66.7 Å². The van der Waals surface area contributed by atoms with Crippen molar-refractivity contribution in [3.05, 3.63) is 83.4 Å². The summed E-state index contributed by atoms with van der Waals surface area (Å²) in [5.74, 6) is 0.686. The monoisotopic (exact) mass is 597 g/mol. The van der Waals surface area contributed by atoms with Crippen LogP contribution in [0.5, 0.6) is 17.2 Å². The van der Waals surface area contributed by atoms with Gasteiger partial charge < -0.3 is 19.1 Å². The Labute approximate surface area is 256 Å². The molecule has 2 aliphatic heterocycles. The number of nitrogens with zero attached hydrogens (tertiary/aromatic N) is 3. The van der Waals surface area contributed by atoms with E-state index < -0.39 is 6.04 Å². The number of imide groups is 1. The number of rotatable bonds is 10. The lowest BCUT2D eigenvalue weighted by molar-refractivity contribution is -0.123. The Morgan fingerprint density at radius 1 is 0.773 bits per heavy atom. The number of Topliss-reactive ketones (excluding diaryl/α,β-unsaturated/α-hetero) is 1. The molecule has 2 saturated heterocycles. The first-order chi connectivity index (χ1) is 21.2. The van der Waals surface area contributed by atoms with E-state index in [1.807, 2.05) is 24.3 Å². The summed E-state index contributed by atoms with van der Waals surface area (Å²) in [6.07, 6.45) is 3.21. The van der Waals surface area contributed by atoms with Crippen LogP contribution >= 0.6 is 0 Å². The molecule has 10 nitrogen and oxygen atoms in total. The van der Waals surface area contributed by atoms with Gasteiger partial charge in [-0.2, -0.15) is 0 Å². The second-order valence-electron chi connectivity index (χ2n) is 10.6. The maximum absolute atomic E-state index is 13.4. The van der Waals surface area contributed by atoms with Crippen LogP contribution in [0, 0.1) is 0 Å². The summed E-state index contributed by atoms with van der Waals surface area (Å²) >= 11 is 0. The lowest BCUT2D eigenvalue weighted by atomic mass is 10.1. The number of ether oxygens (including phenoxy) is 3. The summed E-state index contributed by atoms with van der Waals surface area (Å²) in [6, 6.07) is 17.0. The number of allylic oxidation sites excluding steroid dienone is 1. The van der Waals surface area contributed by atoms with E-state index in [9.17, 15) is 19.2 Å². The molecule has 228 valence electrons. The number of hydrogen-bond acceptors (Lipinski definition) is 9. The van der Waals surface area contributed by atoms with Crippen molar-refractivity contribution in [2.24, 2.45) is 0 Å². The van der Waals surface area contributed by atoms with Crippen molar-refractivity contribution in [2.45, 2.75) is 19.4 Å². The van der Waals surface area contributed by atoms with Crippen LogP contribution in [0.4, 0.5) is 11.4 Å².